The molecule has 0 aromatic heterocycles. The summed E-state index contributed by atoms with van der Waals surface area (Å²) >= 11 is 3.64. The fourth-order valence-corrected chi connectivity index (χ4v) is 1.95. The van der Waals surface area contributed by atoms with Gasteiger partial charge in [-0.3, -0.25) is 4.79 Å². The van der Waals surface area contributed by atoms with Crippen molar-refractivity contribution < 1.29 is 13.9 Å². The van der Waals surface area contributed by atoms with Crippen molar-refractivity contribution in [2.24, 2.45) is 0 Å². The Bertz CT molecular complexity index is 559. The van der Waals surface area contributed by atoms with Crippen LogP contribution in [0.1, 0.15) is 15.9 Å². The van der Waals surface area contributed by atoms with Gasteiger partial charge in [-0.15, -0.1) is 12.6 Å². The molecule has 0 saturated heterocycles. The molecule has 0 amide bonds. The van der Waals surface area contributed by atoms with E-state index in [1.165, 1.54) is 6.07 Å². The Balaban J connectivity index is 2.34. The van der Waals surface area contributed by atoms with Crippen LogP contribution in [-0.2, 0) is 0 Å². The number of para-hydroxylation sites is 1. The second kappa shape index (κ2) is 5.23. The Hall–Kier alpha value is -1.81. The van der Waals surface area contributed by atoms with E-state index >= 15 is 0 Å². The lowest BCUT2D eigenvalue weighted by atomic mass is 10.1. The Morgan fingerprint density at radius 3 is 2.39 bits per heavy atom. The first kappa shape index (κ1) is 12.6. The van der Waals surface area contributed by atoms with E-state index in [9.17, 15) is 9.18 Å². The molecule has 0 saturated carbocycles. The van der Waals surface area contributed by atoms with Gasteiger partial charge in [0.05, 0.1) is 5.56 Å². The maximum Gasteiger partial charge on any atom is 0.219 e. The Morgan fingerprint density at radius 1 is 1.17 bits per heavy atom. The van der Waals surface area contributed by atoms with Crippen LogP contribution >= 0.6 is 12.6 Å². The lowest BCUT2D eigenvalue weighted by Gasteiger charge is -2.09. The minimum atomic E-state index is -0.624. The summed E-state index contributed by atoms with van der Waals surface area (Å²) in [6, 6.07) is 11.8. The van der Waals surface area contributed by atoms with Gasteiger partial charge in [0, 0.05) is 6.07 Å². The van der Waals surface area contributed by atoms with Gasteiger partial charge >= 0.3 is 0 Å². The predicted molar refractivity (Wildman–Crippen MR) is 71.0 cm³/mol. The molecule has 0 fully saturated rings. The summed E-state index contributed by atoms with van der Waals surface area (Å²) in [7, 11) is 0. The van der Waals surface area contributed by atoms with E-state index in [2.05, 4.69) is 12.6 Å². The second-order valence-electron chi connectivity index (χ2n) is 3.82. The quantitative estimate of drug-likeness (QED) is 0.846. The first-order chi connectivity index (χ1) is 8.58. The Morgan fingerprint density at radius 2 is 1.83 bits per heavy atom. The van der Waals surface area contributed by atoms with Crippen molar-refractivity contribution in [3.8, 4) is 11.5 Å². The van der Waals surface area contributed by atoms with Crippen molar-refractivity contribution in [3.05, 3.63) is 59.4 Å². The number of thiol groups is 1. The number of ether oxygens (including phenoxy) is 1. The van der Waals surface area contributed by atoms with Gasteiger partial charge in [-0.05, 0) is 30.7 Å². The number of carbonyl (C=O) groups is 1. The van der Waals surface area contributed by atoms with Gasteiger partial charge in [0.2, 0.25) is 5.12 Å². The molecule has 0 heterocycles. The van der Waals surface area contributed by atoms with Crippen LogP contribution in [0.4, 0.5) is 4.39 Å². The average molecular weight is 262 g/mol. The number of carbonyl (C=O) groups excluding carboxylic acids is 1. The molecule has 0 N–H and O–H groups in total. The SMILES string of the molecule is Cc1cc(Oc2ccccc2)cc(F)c1C(=O)S. The minimum absolute atomic E-state index is 0.0151. The molecule has 2 rings (SSSR count). The van der Waals surface area contributed by atoms with Gasteiger partial charge in [-0.2, -0.15) is 0 Å². The highest BCUT2D eigenvalue weighted by molar-refractivity contribution is 7.97. The molecule has 4 heteroatoms. The third kappa shape index (κ3) is 2.71. The van der Waals surface area contributed by atoms with Crippen LogP contribution in [0.25, 0.3) is 0 Å². The summed E-state index contributed by atoms with van der Waals surface area (Å²) in [6.07, 6.45) is 0. The molecule has 92 valence electrons. The van der Waals surface area contributed by atoms with Gasteiger partial charge in [0.25, 0.3) is 0 Å². The molecule has 0 bridgehead atoms. The van der Waals surface area contributed by atoms with Crippen molar-refractivity contribution in [2.45, 2.75) is 6.92 Å². The van der Waals surface area contributed by atoms with Crippen LogP contribution in [0.2, 0.25) is 0 Å². The summed E-state index contributed by atoms with van der Waals surface area (Å²) in [5.74, 6) is 0.344. The molecule has 2 aromatic rings. The number of rotatable bonds is 3. The molecular formula is C14H11FO2S. The van der Waals surface area contributed by atoms with Crippen molar-refractivity contribution >= 4 is 17.7 Å². The zero-order valence-corrected chi connectivity index (χ0v) is 10.6. The maximum absolute atomic E-state index is 13.7. The predicted octanol–water partition coefficient (Wildman–Crippen LogP) is 4.00. The molecule has 2 nitrogen and oxygen atoms in total. The van der Waals surface area contributed by atoms with Gasteiger partial charge in [0.1, 0.15) is 17.3 Å². The second-order valence-corrected chi connectivity index (χ2v) is 4.22. The monoisotopic (exact) mass is 262 g/mol. The highest BCUT2D eigenvalue weighted by Crippen LogP contribution is 2.26. The standard InChI is InChI=1S/C14H11FO2S/c1-9-7-11(8-12(15)13(9)14(16)18)17-10-5-3-2-4-6-10/h2-8H,1H3,(H,16,18). The molecule has 0 aliphatic rings. The van der Waals surface area contributed by atoms with E-state index in [0.717, 1.165) is 0 Å². The van der Waals surface area contributed by atoms with Crippen LogP contribution < -0.4 is 4.74 Å². The van der Waals surface area contributed by atoms with Crippen LogP contribution in [0.5, 0.6) is 11.5 Å². The molecule has 0 spiro atoms. The van der Waals surface area contributed by atoms with Crippen molar-refractivity contribution in [1.29, 1.82) is 0 Å². The van der Waals surface area contributed by atoms with Gasteiger partial charge in [-0.1, -0.05) is 18.2 Å². The number of hydrogen-bond donors (Lipinski definition) is 1. The Kier molecular flexibility index (Phi) is 3.67. The first-order valence-electron chi connectivity index (χ1n) is 5.34. The summed E-state index contributed by atoms with van der Waals surface area (Å²) < 4.78 is 19.2. The zero-order chi connectivity index (χ0) is 13.1. The van der Waals surface area contributed by atoms with Crippen LogP contribution in [0, 0.1) is 12.7 Å². The van der Waals surface area contributed by atoms with E-state index in [-0.39, 0.29) is 5.56 Å². The maximum atomic E-state index is 13.7. The third-order valence-corrected chi connectivity index (χ3v) is 2.68. The minimum Gasteiger partial charge on any atom is -0.457 e. The summed E-state index contributed by atoms with van der Waals surface area (Å²) in [5.41, 5.74) is 0.486. The highest BCUT2D eigenvalue weighted by Gasteiger charge is 2.13. The number of aryl methyl sites for hydroxylation is 1. The van der Waals surface area contributed by atoms with Gasteiger partial charge in [-0.25, -0.2) is 4.39 Å². The zero-order valence-electron chi connectivity index (χ0n) is 9.68. The number of hydrogen-bond acceptors (Lipinski definition) is 2. The van der Waals surface area contributed by atoms with E-state index < -0.39 is 10.9 Å². The largest absolute Gasteiger partial charge is 0.457 e. The first-order valence-corrected chi connectivity index (χ1v) is 5.79. The fourth-order valence-electron chi connectivity index (χ4n) is 1.67. The molecule has 2 aromatic carbocycles. The lowest BCUT2D eigenvalue weighted by Crippen LogP contribution is -1.99. The van der Waals surface area contributed by atoms with Crippen molar-refractivity contribution in [1.82, 2.24) is 0 Å². The summed E-state index contributed by atoms with van der Waals surface area (Å²) in [6.45, 7) is 1.64. The van der Waals surface area contributed by atoms with Crippen LogP contribution in [0.3, 0.4) is 0 Å². The lowest BCUT2D eigenvalue weighted by molar-refractivity contribution is 0.108. The van der Waals surface area contributed by atoms with E-state index in [1.54, 1.807) is 25.1 Å². The molecule has 0 radical (unpaired) electrons. The van der Waals surface area contributed by atoms with E-state index in [1.807, 2.05) is 18.2 Å². The fraction of sp³-hybridized carbons (Fsp3) is 0.0714. The average Bonchev–Trinajstić information content (AvgIpc) is 2.28. The summed E-state index contributed by atoms with van der Waals surface area (Å²) in [5, 5.41) is -0.587. The molecule has 18 heavy (non-hydrogen) atoms. The smallest absolute Gasteiger partial charge is 0.219 e. The molecule has 0 aliphatic carbocycles. The highest BCUT2D eigenvalue weighted by atomic mass is 32.1. The van der Waals surface area contributed by atoms with E-state index in [4.69, 9.17) is 4.74 Å². The molecule has 0 atom stereocenters. The normalized spacial score (nSPS) is 10.2. The van der Waals surface area contributed by atoms with E-state index in [0.29, 0.717) is 17.1 Å². The molecular weight excluding hydrogens is 251 g/mol. The Labute approximate surface area is 110 Å². The topological polar surface area (TPSA) is 26.3 Å². The van der Waals surface area contributed by atoms with Crippen molar-refractivity contribution in [2.75, 3.05) is 0 Å². The van der Waals surface area contributed by atoms with Gasteiger partial charge < -0.3 is 4.74 Å². The molecule has 0 unspecified atom stereocenters. The summed E-state index contributed by atoms with van der Waals surface area (Å²) in [4.78, 5) is 11.1. The number of halogens is 1. The third-order valence-electron chi connectivity index (χ3n) is 2.45. The van der Waals surface area contributed by atoms with Crippen LogP contribution in [-0.4, -0.2) is 5.12 Å². The number of benzene rings is 2. The molecule has 0 aliphatic heterocycles. The van der Waals surface area contributed by atoms with Gasteiger partial charge in [0.15, 0.2) is 0 Å². The van der Waals surface area contributed by atoms with Crippen LogP contribution in [0.15, 0.2) is 42.5 Å². The van der Waals surface area contributed by atoms with Crippen molar-refractivity contribution in [3.63, 3.8) is 0 Å².